The number of sulfonamides is 1. The molecule has 3 aromatic carbocycles. The molecule has 0 spiro atoms. The summed E-state index contributed by atoms with van der Waals surface area (Å²) in [5.41, 5.74) is 2.43. The van der Waals surface area contributed by atoms with E-state index in [0.29, 0.717) is 28.3 Å². The molecule has 5 N–H and O–H groups in total. The van der Waals surface area contributed by atoms with Crippen molar-refractivity contribution in [2.24, 2.45) is 0 Å². The predicted octanol–water partition coefficient (Wildman–Crippen LogP) is 2.35. The topological polar surface area (TPSA) is 159 Å². The maximum absolute atomic E-state index is 13.4. The molecule has 0 saturated heterocycles. The second-order valence-corrected chi connectivity index (χ2v) is 10.7. The molecule has 40 heavy (non-hydrogen) atoms. The lowest BCUT2D eigenvalue weighted by molar-refractivity contribution is -0.120. The largest absolute Gasteiger partial charge is 0.493 e. The zero-order valence-electron chi connectivity index (χ0n) is 22.7. The van der Waals surface area contributed by atoms with Gasteiger partial charge in [0, 0.05) is 12.1 Å². The Hall–Kier alpha value is -4.42. The fraction of sp³-hybridized carbons (Fsp3) is 0.250. The molecule has 0 heterocycles. The van der Waals surface area contributed by atoms with Gasteiger partial charge in [-0.2, -0.15) is 0 Å². The van der Waals surface area contributed by atoms with E-state index in [0.717, 1.165) is 5.56 Å². The van der Waals surface area contributed by atoms with E-state index < -0.39 is 27.9 Å². The number of guanidine groups is 1. The number of aryl methyl sites for hydroxylation is 1. The normalized spacial score (nSPS) is 11.7. The molecule has 0 fully saturated rings. The first-order valence-electron chi connectivity index (χ1n) is 12.3. The summed E-state index contributed by atoms with van der Waals surface area (Å²) in [6, 6.07) is 17.7. The highest BCUT2D eigenvalue weighted by atomic mass is 32.2. The third-order valence-corrected chi connectivity index (χ3v) is 7.45. The first kappa shape index (κ1) is 30.1. The van der Waals surface area contributed by atoms with E-state index in [4.69, 9.17) is 14.9 Å². The summed E-state index contributed by atoms with van der Waals surface area (Å²) >= 11 is 0. The Bertz CT molecular complexity index is 1480. The molecule has 0 aliphatic carbocycles. The highest BCUT2D eigenvalue weighted by Crippen LogP contribution is 2.27. The summed E-state index contributed by atoms with van der Waals surface area (Å²) in [5.74, 6) is -0.332. The number of carbonyl (C=O) groups is 2. The van der Waals surface area contributed by atoms with Gasteiger partial charge in [-0.1, -0.05) is 42.5 Å². The van der Waals surface area contributed by atoms with E-state index in [1.165, 1.54) is 33.4 Å². The lowest BCUT2D eigenvalue weighted by atomic mass is 10.0. The first-order valence-corrected chi connectivity index (χ1v) is 13.8. The molecule has 3 aromatic rings. The Labute approximate surface area is 233 Å². The number of ether oxygens (including phenoxy) is 2. The summed E-state index contributed by atoms with van der Waals surface area (Å²) in [4.78, 5) is 26.0. The molecule has 0 saturated carbocycles. The Kier molecular flexibility index (Phi) is 10.2. The third-order valence-electron chi connectivity index (χ3n) is 6.04. The van der Waals surface area contributed by atoms with Gasteiger partial charge in [-0.25, -0.2) is 13.1 Å². The summed E-state index contributed by atoms with van der Waals surface area (Å²) < 4.78 is 37.2. The smallest absolute Gasteiger partial charge is 0.247 e. The Morgan fingerprint density at radius 3 is 2.27 bits per heavy atom. The molecule has 0 aliphatic heterocycles. The van der Waals surface area contributed by atoms with Gasteiger partial charge in [-0.15, -0.1) is 0 Å². The van der Waals surface area contributed by atoms with Crippen LogP contribution in [0.4, 0.5) is 5.69 Å². The number of rotatable bonds is 11. The number of methoxy groups -OCH3 is 2. The van der Waals surface area contributed by atoms with Gasteiger partial charge in [0.05, 0.1) is 25.5 Å². The number of carbonyl (C=O) groups excluding carboxylic acids is 2. The van der Waals surface area contributed by atoms with Gasteiger partial charge in [0.25, 0.3) is 0 Å². The second kappa shape index (κ2) is 13.6. The molecule has 12 heteroatoms. The van der Waals surface area contributed by atoms with Gasteiger partial charge in [-0.05, 0) is 54.9 Å². The van der Waals surface area contributed by atoms with E-state index in [9.17, 15) is 18.0 Å². The summed E-state index contributed by atoms with van der Waals surface area (Å²) in [6.07, 6.45) is 0.167. The molecule has 0 aliphatic rings. The fourth-order valence-electron chi connectivity index (χ4n) is 3.87. The minimum absolute atomic E-state index is 0.00126. The highest BCUT2D eigenvalue weighted by Gasteiger charge is 2.23. The zero-order chi connectivity index (χ0) is 29.3. The van der Waals surface area contributed by atoms with Crippen molar-refractivity contribution in [2.45, 2.75) is 30.7 Å². The highest BCUT2D eigenvalue weighted by molar-refractivity contribution is 7.89. The van der Waals surface area contributed by atoms with E-state index in [-0.39, 0.29) is 23.7 Å². The average molecular weight is 568 g/mol. The molecule has 11 nitrogen and oxygen atoms in total. The van der Waals surface area contributed by atoms with Crippen LogP contribution in [0.5, 0.6) is 11.5 Å². The van der Waals surface area contributed by atoms with Crippen molar-refractivity contribution in [3.05, 3.63) is 83.4 Å². The SMILES string of the molecule is CNS(=O)(=O)c1ccc(C)c(NC(=O)[C@@H](Cc2ccccc2)NC(=N)NC(=O)Cc2ccc(OC)c(OC)c2)c1. The number of benzene rings is 3. The van der Waals surface area contributed by atoms with Crippen LogP contribution in [0.1, 0.15) is 16.7 Å². The van der Waals surface area contributed by atoms with Crippen molar-refractivity contribution in [3.8, 4) is 11.5 Å². The lowest BCUT2D eigenvalue weighted by Crippen LogP contribution is -2.51. The monoisotopic (exact) mass is 567 g/mol. The van der Waals surface area contributed by atoms with Crippen molar-refractivity contribution in [3.63, 3.8) is 0 Å². The van der Waals surface area contributed by atoms with Crippen LogP contribution in [0.25, 0.3) is 0 Å². The second-order valence-electron chi connectivity index (χ2n) is 8.85. The minimum Gasteiger partial charge on any atom is -0.493 e. The molecule has 0 bridgehead atoms. The number of hydrogen-bond donors (Lipinski definition) is 5. The van der Waals surface area contributed by atoms with E-state index in [1.807, 2.05) is 30.3 Å². The van der Waals surface area contributed by atoms with Crippen LogP contribution in [-0.2, 0) is 32.5 Å². The molecule has 3 rings (SSSR count). The predicted molar refractivity (Wildman–Crippen MR) is 152 cm³/mol. The van der Waals surface area contributed by atoms with Crippen LogP contribution in [0.3, 0.4) is 0 Å². The molecule has 0 radical (unpaired) electrons. The van der Waals surface area contributed by atoms with Gasteiger partial charge in [0.1, 0.15) is 6.04 Å². The van der Waals surface area contributed by atoms with Crippen LogP contribution in [0.2, 0.25) is 0 Å². The summed E-state index contributed by atoms with van der Waals surface area (Å²) in [6.45, 7) is 1.74. The van der Waals surface area contributed by atoms with Gasteiger partial charge >= 0.3 is 0 Å². The van der Waals surface area contributed by atoms with Crippen molar-refractivity contribution < 1.29 is 27.5 Å². The number of anilines is 1. The van der Waals surface area contributed by atoms with E-state index in [1.54, 1.807) is 31.2 Å². The van der Waals surface area contributed by atoms with E-state index >= 15 is 0 Å². The fourth-order valence-corrected chi connectivity index (χ4v) is 4.63. The van der Waals surface area contributed by atoms with Crippen LogP contribution in [0, 0.1) is 12.3 Å². The van der Waals surface area contributed by atoms with Crippen molar-refractivity contribution in [1.82, 2.24) is 15.4 Å². The molecular weight excluding hydrogens is 534 g/mol. The third kappa shape index (κ3) is 8.04. The quantitative estimate of drug-likeness (QED) is 0.176. The molecular formula is C28H33N5O6S. The van der Waals surface area contributed by atoms with Gasteiger partial charge in [0.15, 0.2) is 17.5 Å². The van der Waals surface area contributed by atoms with Gasteiger partial charge in [0.2, 0.25) is 21.8 Å². The maximum atomic E-state index is 13.4. The number of amides is 2. The van der Waals surface area contributed by atoms with E-state index in [2.05, 4.69) is 20.7 Å². The molecule has 1 atom stereocenters. The van der Waals surface area contributed by atoms with Gasteiger partial charge in [-0.3, -0.25) is 20.3 Å². The van der Waals surface area contributed by atoms with Crippen molar-refractivity contribution in [1.29, 1.82) is 5.41 Å². The Morgan fingerprint density at radius 2 is 1.62 bits per heavy atom. The molecule has 0 unspecified atom stereocenters. The van der Waals surface area contributed by atoms with Crippen molar-refractivity contribution >= 4 is 33.5 Å². The van der Waals surface area contributed by atoms with Crippen LogP contribution < -0.4 is 30.1 Å². The van der Waals surface area contributed by atoms with Crippen LogP contribution >= 0.6 is 0 Å². The summed E-state index contributed by atoms with van der Waals surface area (Å²) in [5, 5.41) is 16.3. The molecule has 212 valence electrons. The Balaban J connectivity index is 1.75. The number of nitrogens with one attached hydrogen (secondary N) is 5. The molecule has 0 aromatic heterocycles. The molecule has 2 amide bonds. The average Bonchev–Trinajstić information content (AvgIpc) is 2.94. The lowest BCUT2D eigenvalue weighted by Gasteiger charge is -2.21. The Morgan fingerprint density at radius 1 is 0.925 bits per heavy atom. The van der Waals surface area contributed by atoms with Crippen LogP contribution in [-0.4, -0.2) is 53.5 Å². The minimum atomic E-state index is -3.72. The number of hydrogen-bond acceptors (Lipinski definition) is 7. The zero-order valence-corrected chi connectivity index (χ0v) is 23.5. The maximum Gasteiger partial charge on any atom is 0.247 e. The standard InChI is InChI=1S/C28H33N5O6S/c1-18-10-12-21(40(36,37)30-2)17-22(18)31-27(35)23(14-19-8-6-5-7-9-19)32-28(29)33-26(34)16-20-11-13-24(38-3)25(15-20)39-4/h5-13,15,17,23,30H,14,16H2,1-4H3,(H,31,35)(H3,29,32,33,34)/t23-/m1/s1. The van der Waals surface area contributed by atoms with Crippen molar-refractivity contribution in [2.75, 3.05) is 26.6 Å². The summed E-state index contributed by atoms with van der Waals surface area (Å²) in [7, 11) is 0.594. The van der Waals surface area contributed by atoms with Crippen LogP contribution in [0.15, 0.2) is 71.6 Å². The van der Waals surface area contributed by atoms with Gasteiger partial charge < -0.3 is 20.1 Å². The first-order chi connectivity index (χ1) is 19.1.